The van der Waals surface area contributed by atoms with Crippen molar-refractivity contribution in [1.29, 1.82) is 0 Å². The lowest BCUT2D eigenvalue weighted by atomic mass is 9.90. The van der Waals surface area contributed by atoms with Crippen LogP contribution in [0.4, 0.5) is 0 Å². The fourth-order valence-corrected chi connectivity index (χ4v) is 5.66. The molecular weight excluding hydrogens is 374 g/mol. The van der Waals surface area contributed by atoms with E-state index in [2.05, 4.69) is 5.16 Å². The van der Waals surface area contributed by atoms with Crippen LogP contribution < -0.4 is 0 Å². The summed E-state index contributed by atoms with van der Waals surface area (Å²) in [4.78, 5) is 25.8. The van der Waals surface area contributed by atoms with Crippen LogP contribution in [-0.4, -0.2) is 65.9 Å². The highest BCUT2D eigenvalue weighted by Gasteiger charge is 2.44. The normalized spacial score (nSPS) is 25.1. The van der Waals surface area contributed by atoms with Crippen molar-refractivity contribution in [3.63, 3.8) is 0 Å². The molecule has 1 N–H and O–H groups in total. The van der Waals surface area contributed by atoms with E-state index in [1.807, 2.05) is 0 Å². The lowest BCUT2D eigenvalue weighted by Crippen LogP contribution is -2.44. The first-order valence-corrected chi connectivity index (χ1v) is 10.5. The van der Waals surface area contributed by atoms with Gasteiger partial charge in [0.1, 0.15) is 10.6 Å². The molecule has 0 spiro atoms. The summed E-state index contributed by atoms with van der Waals surface area (Å²) in [6.45, 7) is 5.93. The Morgan fingerprint density at radius 3 is 2.33 bits per heavy atom. The zero-order chi connectivity index (χ0) is 20.0. The Morgan fingerprint density at radius 1 is 1.22 bits per heavy atom. The second-order valence-electron chi connectivity index (χ2n) is 7.71. The van der Waals surface area contributed by atoms with Gasteiger partial charge >= 0.3 is 5.97 Å². The molecule has 2 fully saturated rings. The van der Waals surface area contributed by atoms with E-state index < -0.39 is 21.4 Å². The number of carbonyl (C=O) groups excluding carboxylic acids is 1. The molecule has 2 aliphatic heterocycles. The summed E-state index contributed by atoms with van der Waals surface area (Å²) in [6.07, 6.45) is 1.27. The molecule has 0 saturated carbocycles. The van der Waals surface area contributed by atoms with Crippen LogP contribution in [0.1, 0.15) is 37.6 Å². The van der Waals surface area contributed by atoms with E-state index >= 15 is 0 Å². The van der Waals surface area contributed by atoms with Gasteiger partial charge in [0.05, 0.1) is 5.41 Å². The second kappa shape index (κ2) is 6.90. The molecule has 150 valence electrons. The van der Waals surface area contributed by atoms with Gasteiger partial charge in [0, 0.05) is 32.1 Å². The molecule has 3 rings (SSSR count). The Morgan fingerprint density at radius 2 is 1.85 bits per heavy atom. The van der Waals surface area contributed by atoms with E-state index in [-0.39, 0.29) is 42.1 Å². The van der Waals surface area contributed by atoms with Gasteiger partial charge in [-0.15, -0.1) is 0 Å². The molecule has 1 atom stereocenters. The zero-order valence-electron chi connectivity index (χ0n) is 15.8. The third kappa shape index (κ3) is 3.47. The summed E-state index contributed by atoms with van der Waals surface area (Å²) < 4.78 is 32.0. The number of aliphatic carboxylic acids is 1. The summed E-state index contributed by atoms with van der Waals surface area (Å²) in [5.41, 5.74) is -0.570. The molecule has 2 saturated heterocycles. The summed E-state index contributed by atoms with van der Waals surface area (Å²) >= 11 is 0. The average Bonchev–Trinajstić information content (AvgIpc) is 3.18. The molecule has 2 aliphatic rings. The van der Waals surface area contributed by atoms with Crippen LogP contribution in [0.15, 0.2) is 9.42 Å². The fraction of sp³-hybridized carbons (Fsp3) is 0.706. The number of rotatable bonds is 4. The number of sulfonamides is 1. The number of carbonyl (C=O) groups is 2. The maximum absolute atomic E-state index is 12.8. The molecule has 0 aromatic carbocycles. The number of carboxylic acids is 1. The van der Waals surface area contributed by atoms with Crippen molar-refractivity contribution in [3.05, 3.63) is 11.5 Å². The van der Waals surface area contributed by atoms with Crippen molar-refractivity contribution >= 4 is 21.9 Å². The first-order valence-electron chi connectivity index (χ1n) is 9.01. The smallest absolute Gasteiger partial charge is 0.311 e. The van der Waals surface area contributed by atoms with E-state index in [1.165, 1.54) is 4.31 Å². The van der Waals surface area contributed by atoms with E-state index in [0.29, 0.717) is 31.5 Å². The van der Waals surface area contributed by atoms with Gasteiger partial charge in [-0.2, -0.15) is 4.31 Å². The van der Waals surface area contributed by atoms with Crippen LogP contribution in [0.25, 0.3) is 0 Å². The molecule has 1 aromatic heterocycles. The topological polar surface area (TPSA) is 121 Å². The van der Waals surface area contributed by atoms with Crippen molar-refractivity contribution in [2.75, 3.05) is 26.2 Å². The molecule has 10 heteroatoms. The number of hydrogen-bond donors (Lipinski definition) is 1. The SMILES string of the molecule is Cc1noc(C)c1S(=O)(=O)N1CCC(C(=O)N2CCC(C)(C(=O)O)C2)CC1. The van der Waals surface area contributed by atoms with Gasteiger partial charge in [0.25, 0.3) is 0 Å². The van der Waals surface area contributed by atoms with Gasteiger partial charge in [-0.1, -0.05) is 5.16 Å². The standard InChI is InChI=1S/C17H25N3O6S/c1-11-14(12(2)26-18-11)27(24,25)20-7-4-13(5-8-20)15(21)19-9-6-17(3,10-19)16(22)23/h13H,4-10H2,1-3H3,(H,22,23). The Labute approximate surface area is 158 Å². The first-order chi connectivity index (χ1) is 12.6. The zero-order valence-corrected chi connectivity index (χ0v) is 16.6. The number of nitrogens with zero attached hydrogens (tertiary/aromatic N) is 3. The first kappa shape index (κ1) is 19.8. The van der Waals surface area contributed by atoms with Crippen molar-refractivity contribution < 1.29 is 27.6 Å². The number of carboxylic acid groups (broad SMARTS) is 1. The fourth-order valence-electron chi connectivity index (χ4n) is 3.90. The summed E-state index contributed by atoms with van der Waals surface area (Å²) in [7, 11) is -3.70. The van der Waals surface area contributed by atoms with E-state index in [9.17, 15) is 23.1 Å². The molecule has 0 bridgehead atoms. The lowest BCUT2D eigenvalue weighted by Gasteiger charge is -2.32. The predicted octanol–water partition coefficient (Wildman–Crippen LogP) is 1.02. The Balaban J connectivity index is 1.64. The van der Waals surface area contributed by atoms with Crippen LogP contribution in [0.5, 0.6) is 0 Å². The summed E-state index contributed by atoms with van der Waals surface area (Å²) in [5, 5.41) is 13.0. The molecule has 27 heavy (non-hydrogen) atoms. The molecule has 0 aliphatic carbocycles. The molecule has 0 radical (unpaired) electrons. The number of piperidine rings is 1. The second-order valence-corrected chi connectivity index (χ2v) is 9.58. The Bertz CT molecular complexity index is 837. The highest BCUT2D eigenvalue weighted by atomic mass is 32.2. The van der Waals surface area contributed by atoms with Crippen molar-refractivity contribution in [2.24, 2.45) is 11.3 Å². The minimum absolute atomic E-state index is 0.0747. The molecule has 1 amide bonds. The maximum atomic E-state index is 12.8. The number of aryl methyl sites for hydroxylation is 2. The maximum Gasteiger partial charge on any atom is 0.311 e. The highest BCUT2D eigenvalue weighted by molar-refractivity contribution is 7.89. The van der Waals surface area contributed by atoms with Crippen LogP contribution in [0.2, 0.25) is 0 Å². The quantitative estimate of drug-likeness (QED) is 0.802. The van der Waals surface area contributed by atoms with E-state index in [4.69, 9.17) is 4.52 Å². The molecule has 3 heterocycles. The number of hydrogen-bond acceptors (Lipinski definition) is 6. The van der Waals surface area contributed by atoms with Crippen molar-refractivity contribution in [3.8, 4) is 0 Å². The highest BCUT2D eigenvalue weighted by Crippen LogP contribution is 2.33. The minimum atomic E-state index is -3.70. The van der Waals surface area contributed by atoms with E-state index in [1.54, 1.807) is 25.7 Å². The summed E-state index contributed by atoms with van der Waals surface area (Å²) in [6, 6.07) is 0. The minimum Gasteiger partial charge on any atom is -0.481 e. The van der Waals surface area contributed by atoms with Gasteiger partial charge < -0.3 is 14.5 Å². The van der Waals surface area contributed by atoms with Gasteiger partial charge in [-0.3, -0.25) is 9.59 Å². The molecule has 1 unspecified atom stereocenters. The Kier molecular flexibility index (Phi) is 5.06. The molecule has 1 aromatic rings. The Hall–Kier alpha value is -1.94. The predicted molar refractivity (Wildman–Crippen MR) is 94.4 cm³/mol. The third-order valence-corrected chi connectivity index (χ3v) is 7.81. The molecule has 9 nitrogen and oxygen atoms in total. The number of aromatic nitrogens is 1. The van der Waals surface area contributed by atoms with Crippen molar-refractivity contribution in [2.45, 2.75) is 44.9 Å². The monoisotopic (exact) mass is 399 g/mol. The number of likely N-dealkylation sites (tertiary alicyclic amines) is 1. The van der Waals surface area contributed by atoms with Crippen LogP contribution in [-0.2, 0) is 19.6 Å². The van der Waals surface area contributed by atoms with Gasteiger partial charge in [-0.05, 0) is 40.0 Å². The third-order valence-electron chi connectivity index (χ3n) is 5.67. The van der Waals surface area contributed by atoms with Gasteiger partial charge in [0.15, 0.2) is 5.76 Å². The van der Waals surface area contributed by atoms with E-state index in [0.717, 1.165) is 0 Å². The molecular formula is C17H25N3O6S. The van der Waals surface area contributed by atoms with Crippen LogP contribution in [0.3, 0.4) is 0 Å². The van der Waals surface area contributed by atoms with Crippen LogP contribution >= 0.6 is 0 Å². The average molecular weight is 399 g/mol. The van der Waals surface area contributed by atoms with Gasteiger partial charge in [0.2, 0.25) is 15.9 Å². The largest absolute Gasteiger partial charge is 0.481 e. The van der Waals surface area contributed by atoms with Gasteiger partial charge in [-0.25, -0.2) is 8.42 Å². The number of amides is 1. The summed E-state index contributed by atoms with van der Waals surface area (Å²) in [5.74, 6) is -0.986. The van der Waals surface area contributed by atoms with Crippen molar-refractivity contribution in [1.82, 2.24) is 14.4 Å². The van der Waals surface area contributed by atoms with Crippen LogP contribution in [0, 0.1) is 25.2 Å². The lowest BCUT2D eigenvalue weighted by molar-refractivity contribution is -0.147.